The minimum atomic E-state index is -0.975. The summed E-state index contributed by atoms with van der Waals surface area (Å²) in [6.45, 7) is 5.48. The van der Waals surface area contributed by atoms with Crippen LogP contribution in [0.4, 0.5) is 0 Å². The molecular weight excluding hydrogens is 204 g/mol. The minimum Gasteiger partial charge on any atom is -0.481 e. The monoisotopic (exact) mass is 220 g/mol. The number of aliphatic carboxylic acids is 1. The summed E-state index contributed by atoms with van der Waals surface area (Å²) in [5.74, 6) is -1.50. The average molecular weight is 220 g/mol. The quantitative estimate of drug-likeness (QED) is 0.554. The number of esters is 1. The molecule has 4 nitrogen and oxygen atoms in total. The van der Waals surface area contributed by atoms with Crippen molar-refractivity contribution in [2.75, 3.05) is 5.75 Å². The predicted octanol–water partition coefficient (Wildman–Crippen LogP) is 1.35. The van der Waals surface area contributed by atoms with E-state index in [1.165, 1.54) is 0 Å². The number of carboxylic acid groups (broad SMARTS) is 1. The van der Waals surface area contributed by atoms with E-state index in [0.717, 1.165) is 0 Å². The summed E-state index contributed by atoms with van der Waals surface area (Å²) >= 11 is 3.75. The van der Waals surface area contributed by atoms with Gasteiger partial charge in [-0.1, -0.05) is 20.8 Å². The van der Waals surface area contributed by atoms with Gasteiger partial charge in [0.15, 0.2) is 0 Å². The summed E-state index contributed by atoms with van der Waals surface area (Å²) in [7, 11) is 0. The summed E-state index contributed by atoms with van der Waals surface area (Å²) in [5.41, 5.74) is -0.378. The van der Waals surface area contributed by atoms with Crippen molar-refractivity contribution in [1.29, 1.82) is 0 Å². The highest BCUT2D eigenvalue weighted by Crippen LogP contribution is 2.25. The maximum atomic E-state index is 11.0. The molecule has 0 heterocycles. The standard InChI is InChI=1S/C9H16O4S/c1-9(2,3)6(4-7(10)11)13-8(12)5-14/h6,14H,4-5H2,1-3H3,(H,10,11). The molecule has 0 amide bonds. The van der Waals surface area contributed by atoms with Crippen molar-refractivity contribution in [2.45, 2.75) is 33.3 Å². The van der Waals surface area contributed by atoms with Gasteiger partial charge >= 0.3 is 11.9 Å². The van der Waals surface area contributed by atoms with Crippen molar-refractivity contribution in [2.24, 2.45) is 5.41 Å². The Hall–Kier alpha value is -0.710. The first-order valence-corrected chi connectivity index (χ1v) is 4.92. The molecule has 1 unspecified atom stereocenters. The number of hydrogen-bond donors (Lipinski definition) is 2. The van der Waals surface area contributed by atoms with Gasteiger partial charge in [-0.3, -0.25) is 9.59 Å². The molecule has 0 aliphatic carbocycles. The normalized spacial score (nSPS) is 13.4. The molecular formula is C9H16O4S. The van der Waals surface area contributed by atoms with Crippen molar-refractivity contribution in [3.63, 3.8) is 0 Å². The van der Waals surface area contributed by atoms with Crippen LogP contribution in [0.25, 0.3) is 0 Å². The van der Waals surface area contributed by atoms with Crippen LogP contribution >= 0.6 is 12.6 Å². The molecule has 0 aromatic carbocycles. The number of carbonyl (C=O) groups excluding carboxylic acids is 1. The van der Waals surface area contributed by atoms with E-state index in [-0.39, 0.29) is 17.6 Å². The lowest BCUT2D eigenvalue weighted by Gasteiger charge is -2.28. The van der Waals surface area contributed by atoms with E-state index >= 15 is 0 Å². The van der Waals surface area contributed by atoms with Gasteiger partial charge in [-0.2, -0.15) is 12.6 Å². The Morgan fingerprint density at radius 3 is 2.21 bits per heavy atom. The zero-order valence-corrected chi connectivity index (χ0v) is 9.51. The van der Waals surface area contributed by atoms with Gasteiger partial charge in [0.2, 0.25) is 0 Å². The van der Waals surface area contributed by atoms with Crippen LogP contribution in [0, 0.1) is 5.41 Å². The third-order valence-electron chi connectivity index (χ3n) is 1.73. The summed E-state index contributed by atoms with van der Waals surface area (Å²) in [4.78, 5) is 21.5. The van der Waals surface area contributed by atoms with Gasteiger partial charge in [0, 0.05) is 0 Å². The van der Waals surface area contributed by atoms with E-state index in [0.29, 0.717) is 0 Å². The Bertz CT molecular complexity index is 219. The highest BCUT2D eigenvalue weighted by molar-refractivity contribution is 7.81. The first-order valence-electron chi connectivity index (χ1n) is 4.29. The molecule has 0 bridgehead atoms. The number of hydrogen-bond acceptors (Lipinski definition) is 4. The molecule has 1 N–H and O–H groups in total. The van der Waals surface area contributed by atoms with E-state index in [4.69, 9.17) is 9.84 Å². The van der Waals surface area contributed by atoms with E-state index in [1.54, 1.807) is 0 Å². The zero-order chi connectivity index (χ0) is 11.4. The molecule has 0 aromatic rings. The topological polar surface area (TPSA) is 63.6 Å². The number of carboxylic acids is 1. The lowest BCUT2D eigenvalue weighted by Crippen LogP contribution is -2.34. The second kappa shape index (κ2) is 5.24. The van der Waals surface area contributed by atoms with Crippen LogP contribution in [0.1, 0.15) is 27.2 Å². The van der Waals surface area contributed by atoms with Gasteiger partial charge < -0.3 is 9.84 Å². The van der Waals surface area contributed by atoms with Gasteiger partial charge in [0.1, 0.15) is 6.10 Å². The van der Waals surface area contributed by atoms with Gasteiger partial charge in [0.25, 0.3) is 0 Å². The predicted molar refractivity (Wildman–Crippen MR) is 55.4 cm³/mol. The van der Waals surface area contributed by atoms with Gasteiger partial charge in [-0.15, -0.1) is 0 Å². The van der Waals surface area contributed by atoms with Crippen LogP contribution in [-0.4, -0.2) is 28.9 Å². The molecule has 14 heavy (non-hydrogen) atoms. The van der Waals surface area contributed by atoms with Crippen LogP contribution in [0.15, 0.2) is 0 Å². The van der Waals surface area contributed by atoms with Crippen molar-refractivity contribution in [3.8, 4) is 0 Å². The Morgan fingerprint density at radius 1 is 1.43 bits per heavy atom. The number of ether oxygens (including phenoxy) is 1. The van der Waals surface area contributed by atoms with E-state index in [9.17, 15) is 9.59 Å². The van der Waals surface area contributed by atoms with Crippen LogP contribution in [-0.2, 0) is 14.3 Å². The maximum Gasteiger partial charge on any atom is 0.315 e. The van der Waals surface area contributed by atoms with Crippen LogP contribution < -0.4 is 0 Å². The molecule has 0 radical (unpaired) electrons. The Labute approximate surface area is 89.0 Å². The molecule has 0 spiro atoms. The average Bonchev–Trinajstić information content (AvgIpc) is 2.00. The maximum absolute atomic E-state index is 11.0. The van der Waals surface area contributed by atoms with E-state index < -0.39 is 18.0 Å². The fourth-order valence-corrected chi connectivity index (χ4v) is 0.954. The van der Waals surface area contributed by atoms with Crippen LogP contribution in [0.2, 0.25) is 0 Å². The van der Waals surface area contributed by atoms with Crippen LogP contribution in [0.3, 0.4) is 0 Å². The van der Waals surface area contributed by atoms with Crippen molar-refractivity contribution >= 4 is 24.6 Å². The second-order valence-electron chi connectivity index (χ2n) is 4.10. The summed E-state index contributed by atoms with van der Waals surface area (Å²) in [5, 5.41) is 8.62. The molecule has 0 rings (SSSR count). The van der Waals surface area contributed by atoms with Crippen LogP contribution in [0.5, 0.6) is 0 Å². The first kappa shape index (κ1) is 13.3. The lowest BCUT2D eigenvalue weighted by molar-refractivity contribution is -0.156. The summed E-state index contributed by atoms with van der Waals surface area (Å²) < 4.78 is 4.98. The smallest absolute Gasteiger partial charge is 0.315 e. The number of rotatable bonds is 4. The molecule has 0 saturated carbocycles. The van der Waals surface area contributed by atoms with E-state index in [1.807, 2.05) is 20.8 Å². The van der Waals surface area contributed by atoms with Crippen molar-refractivity contribution in [1.82, 2.24) is 0 Å². The molecule has 0 aliphatic heterocycles. The van der Waals surface area contributed by atoms with Gasteiger partial charge in [-0.05, 0) is 5.41 Å². The minimum absolute atomic E-state index is 0.0355. The SMILES string of the molecule is CC(C)(C)C(CC(=O)O)OC(=O)CS. The van der Waals surface area contributed by atoms with Gasteiger partial charge in [-0.25, -0.2) is 0 Å². The Kier molecular flexibility index (Phi) is 4.97. The largest absolute Gasteiger partial charge is 0.481 e. The molecule has 0 aliphatic rings. The Balaban J connectivity index is 4.41. The Morgan fingerprint density at radius 2 is 1.93 bits per heavy atom. The fourth-order valence-electron chi connectivity index (χ4n) is 0.879. The molecule has 0 fully saturated rings. The molecule has 1 atom stereocenters. The second-order valence-corrected chi connectivity index (χ2v) is 4.42. The zero-order valence-electron chi connectivity index (χ0n) is 8.61. The highest BCUT2D eigenvalue weighted by Gasteiger charge is 2.30. The molecule has 82 valence electrons. The third kappa shape index (κ3) is 5.11. The molecule has 5 heteroatoms. The summed E-state index contributed by atoms with van der Waals surface area (Å²) in [6.07, 6.45) is -0.789. The number of carbonyl (C=O) groups is 2. The lowest BCUT2D eigenvalue weighted by atomic mass is 9.87. The molecule has 0 aromatic heterocycles. The van der Waals surface area contributed by atoms with Crippen molar-refractivity contribution in [3.05, 3.63) is 0 Å². The fraction of sp³-hybridized carbons (Fsp3) is 0.778. The summed E-state index contributed by atoms with van der Waals surface area (Å²) in [6, 6.07) is 0. The third-order valence-corrected chi connectivity index (χ3v) is 1.99. The number of thiol groups is 1. The van der Waals surface area contributed by atoms with Crippen molar-refractivity contribution < 1.29 is 19.4 Å². The highest BCUT2D eigenvalue weighted by atomic mass is 32.1. The van der Waals surface area contributed by atoms with E-state index in [2.05, 4.69) is 12.6 Å². The molecule has 0 saturated heterocycles. The van der Waals surface area contributed by atoms with Gasteiger partial charge in [0.05, 0.1) is 12.2 Å². The first-order chi connectivity index (χ1) is 6.27.